The van der Waals surface area contributed by atoms with Crippen LogP contribution < -0.4 is 10.2 Å². The van der Waals surface area contributed by atoms with Gasteiger partial charge in [-0.3, -0.25) is 0 Å². The van der Waals surface area contributed by atoms with Crippen LogP contribution in [-0.4, -0.2) is 29.9 Å². The van der Waals surface area contributed by atoms with Crippen LogP contribution in [0.1, 0.15) is 12.5 Å². The predicted octanol–water partition coefficient (Wildman–Crippen LogP) is 1.42. The number of aryl methyl sites for hydroxylation is 1. The number of carboxylic acids is 1. The molecule has 2 N–H and O–H groups in total. The summed E-state index contributed by atoms with van der Waals surface area (Å²) in [7, 11) is 0. The van der Waals surface area contributed by atoms with Gasteiger partial charge in [0.15, 0.2) is 0 Å². The highest BCUT2D eigenvalue weighted by atomic mass is 16.5. The maximum atomic E-state index is 10.4. The van der Waals surface area contributed by atoms with Crippen molar-refractivity contribution < 1.29 is 14.6 Å². The molecule has 92 valence electrons. The fraction of sp³-hybridized carbons (Fsp3) is 0.333. The summed E-state index contributed by atoms with van der Waals surface area (Å²) in [4.78, 5) is 10.4. The first-order valence-electron chi connectivity index (χ1n) is 5.29. The van der Waals surface area contributed by atoms with Gasteiger partial charge in [0.1, 0.15) is 18.1 Å². The molecule has 1 aromatic rings. The van der Waals surface area contributed by atoms with E-state index in [9.17, 15) is 4.79 Å². The molecule has 5 nitrogen and oxygen atoms in total. The lowest BCUT2D eigenvalue weighted by Gasteiger charge is -2.06. The number of benzene rings is 1. The first-order chi connectivity index (χ1) is 8.09. The van der Waals surface area contributed by atoms with Crippen LogP contribution in [0.15, 0.2) is 29.4 Å². The molecule has 0 aromatic heterocycles. The van der Waals surface area contributed by atoms with Crippen molar-refractivity contribution in [3.63, 3.8) is 0 Å². The van der Waals surface area contributed by atoms with Gasteiger partial charge in [-0.1, -0.05) is 17.7 Å². The zero-order valence-electron chi connectivity index (χ0n) is 9.93. The average Bonchev–Trinajstić information content (AvgIpc) is 2.30. The normalized spacial score (nSPS) is 11.1. The molecule has 17 heavy (non-hydrogen) atoms. The quantitative estimate of drug-likeness (QED) is 0.445. The summed E-state index contributed by atoms with van der Waals surface area (Å²) >= 11 is 0. The molecule has 0 amide bonds. The summed E-state index contributed by atoms with van der Waals surface area (Å²) < 4.78 is 5.42. The number of aliphatic carboxylic acids is 1. The van der Waals surface area contributed by atoms with E-state index in [4.69, 9.17) is 9.84 Å². The molecule has 0 spiro atoms. The molecular formula is C12H16N2O3. The number of carbonyl (C=O) groups is 1. The molecule has 0 aliphatic heterocycles. The van der Waals surface area contributed by atoms with Crippen molar-refractivity contribution in [3.8, 4) is 5.75 Å². The number of ether oxygens (including phenoxy) is 1. The minimum atomic E-state index is -1.03. The van der Waals surface area contributed by atoms with Crippen LogP contribution >= 0.6 is 0 Å². The Morgan fingerprint density at radius 3 is 2.65 bits per heavy atom. The van der Waals surface area contributed by atoms with Crippen molar-refractivity contribution in [2.45, 2.75) is 13.8 Å². The van der Waals surface area contributed by atoms with Crippen LogP contribution in [0.3, 0.4) is 0 Å². The molecule has 0 saturated heterocycles. The maximum Gasteiger partial charge on any atom is 0.351 e. The number of hydrogen-bond acceptors (Lipinski definition) is 4. The average molecular weight is 236 g/mol. The van der Waals surface area contributed by atoms with Gasteiger partial charge < -0.3 is 15.3 Å². The Morgan fingerprint density at radius 1 is 1.41 bits per heavy atom. The summed E-state index contributed by atoms with van der Waals surface area (Å²) in [6.45, 7) is 4.32. The van der Waals surface area contributed by atoms with Crippen LogP contribution in [0.5, 0.6) is 5.75 Å². The van der Waals surface area contributed by atoms with Crippen molar-refractivity contribution in [2.24, 2.45) is 5.10 Å². The van der Waals surface area contributed by atoms with Gasteiger partial charge in [-0.2, -0.15) is 5.10 Å². The molecule has 1 aromatic carbocycles. The van der Waals surface area contributed by atoms with Crippen molar-refractivity contribution in [1.29, 1.82) is 0 Å². The first kappa shape index (κ1) is 13.0. The van der Waals surface area contributed by atoms with Gasteiger partial charge in [0.05, 0.1) is 6.54 Å². The SMILES string of the molecule is C/C(=N/NCCOc1ccc(C)cc1)C(=O)O. The van der Waals surface area contributed by atoms with Crippen LogP contribution in [0.4, 0.5) is 0 Å². The van der Waals surface area contributed by atoms with Crippen LogP contribution in [-0.2, 0) is 4.79 Å². The second kappa shape index (κ2) is 6.52. The fourth-order valence-corrected chi connectivity index (χ4v) is 1.07. The van der Waals surface area contributed by atoms with Gasteiger partial charge in [-0.05, 0) is 26.0 Å². The second-order valence-electron chi connectivity index (χ2n) is 3.57. The summed E-state index contributed by atoms with van der Waals surface area (Å²) in [6.07, 6.45) is 0. The highest BCUT2D eigenvalue weighted by Gasteiger charge is 1.99. The summed E-state index contributed by atoms with van der Waals surface area (Å²) in [5.41, 5.74) is 3.84. The van der Waals surface area contributed by atoms with E-state index >= 15 is 0 Å². The number of carboxylic acid groups (broad SMARTS) is 1. The molecule has 0 fully saturated rings. The Kier molecular flexibility index (Phi) is 5.00. The van der Waals surface area contributed by atoms with E-state index in [1.54, 1.807) is 0 Å². The third-order valence-corrected chi connectivity index (χ3v) is 2.06. The largest absolute Gasteiger partial charge is 0.492 e. The van der Waals surface area contributed by atoms with Gasteiger partial charge in [-0.15, -0.1) is 0 Å². The van der Waals surface area contributed by atoms with E-state index in [0.717, 1.165) is 5.75 Å². The first-order valence-corrected chi connectivity index (χ1v) is 5.29. The molecule has 0 bridgehead atoms. The molecule has 0 heterocycles. The van der Waals surface area contributed by atoms with Gasteiger partial charge in [0.25, 0.3) is 0 Å². The molecule has 5 heteroatoms. The molecule has 0 radical (unpaired) electrons. The van der Waals surface area contributed by atoms with Gasteiger partial charge >= 0.3 is 5.97 Å². The molecule has 0 saturated carbocycles. The zero-order chi connectivity index (χ0) is 12.7. The molecule has 0 aliphatic rings. The minimum Gasteiger partial charge on any atom is -0.492 e. The fourth-order valence-electron chi connectivity index (χ4n) is 1.07. The summed E-state index contributed by atoms with van der Waals surface area (Å²) in [5.74, 6) is -0.242. The van der Waals surface area contributed by atoms with E-state index in [2.05, 4.69) is 10.5 Å². The number of nitrogens with zero attached hydrogens (tertiary/aromatic N) is 1. The van der Waals surface area contributed by atoms with Gasteiger partial charge in [-0.25, -0.2) is 4.79 Å². The van der Waals surface area contributed by atoms with Crippen LogP contribution in [0, 0.1) is 6.92 Å². The van der Waals surface area contributed by atoms with Gasteiger partial charge in [0.2, 0.25) is 0 Å². The topological polar surface area (TPSA) is 70.9 Å². The van der Waals surface area contributed by atoms with Crippen LogP contribution in [0.25, 0.3) is 0 Å². The zero-order valence-corrected chi connectivity index (χ0v) is 9.93. The van der Waals surface area contributed by atoms with Crippen molar-refractivity contribution in [2.75, 3.05) is 13.2 Å². The number of hydrazone groups is 1. The second-order valence-corrected chi connectivity index (χ2v) is 3.57. The Morgan fingerprint density at radius 2 is 2.06 bits per heavy atom. The lowest BCUT2D eigenvalue weighted by atomic mass is 10.2. The van der Waals surface area contributed by atoms with E-state index in [1.807, 2.05) is 31.2 Å². The highest BCUT2D eigenvalue weighted by Crippen LogP contribution is 2.10. The highest BCUT2D eigenvalue weighted by molar-refractivity contribution is 6.34. The number of hydrogen-bond donors (Lipinski definition) is 2. The lowest BCUT2D eigenvalue weighted by molar-refractivity contribution is -0.129. The minimum absolute atomic E-state index is 0.0281. The predicted molar refractivity (Wildman–Crippen MR) is 65.4 cm³/mol. The number of rotatable bonds is 6. The third-order valence-electron chi connectivity index (χ3n) is 2.06. The van der Waals surface area contributed by atoms with E-state index in [-0.39, 0.29) is 5.71 Å². The molecular weight excluding hydrogens is 220 g/mol. The Balaban J connectivity index is 2.23. The summed E-state index contributed by atoms with van der Waals surface area (Å²) in [6, 6.07) is 7.72. The lowest BCUT2D eigenvalue weighted by Crippen LogP contribution is -2.20. The molecule has 1 rings (SSSR count). The molecule has 0 aliphatic carbocycles. The monoisotopic (exact) mass is 236 g/mol. The standard InChI is InChI=1S/C12H16N2O3/c1-9-3-5-11(6-4-9)17-8-7-13-14-10(2)12(15)16/h3-6,13H,7-8H2,1-2H3,(H,15,16)/b14-10-. The molecule has 0 atom stereocenters. The molecule has 0 unspecified atom stereocenters. The maximum absolute atomic E-state index is 10.4. The smallest absolute Gasteiger partial charge is 0.351 e. The Hall–Kier alpha value is -2.04. The van der Waals surface area contributed by atoms with Crippen LogP contribution in [0.2, 0.25) is 0 Å². The number of nitrogens with one attached hydrogen (secondary N) is 1. The van der Waals surface area contributed by atoms with E-state index in [0.29, 0.717) is 13.2 Å². The van der Waals surface area contributed by atoms with Gasteiger partial charge in [0, 0.05) is 0 Å². The Bertz CT molecular complexity index is 399. The third kappa shape index (κ3) is 5.01. The van der Waals surface area contributed by atoms with Crippen molar-refractivity contribution in [3.05, 3.63) is 29.8 Å². The van der Waals surface area contributed by atoms with Crippen molar-refractivity contribution >= 4 is 11.7 Å². The Labute approximate surface area is 100 Å². The summed E-state index contributed by atoms with van der Waals surface area (Å²) in [5, 5.41) is 12.2. The van der Waals surface area contributed by atoms with E-state index < -0.39 is 5.97 Å². The van der Waals surface area contributed by atoms with Crippen molar-refractivity contribution in [1.82, 2.24) is 5.43 Å². The van der Waals surface area contributed by atoms with E-state index in [1.165, 1.54) is 12.5 Å².